The van der Waals surface area contributed by atoms with Gasteiger partial charge in [0.1, 0.15) is 0 Å². The summed E-state index contributed by atoms with van der Waals surface area (Å²) in [6, 6.07) is 0. The molecule has 720 valence electrons. The molecule has 7 N–H and O–H groups in total. The molecule has 0 saturated heterocycles. The minimum atomic E-state index is -0.213. The van der Waals surface area contributed by atoms with Crippen LogP contribution in [0.2, 0.25) is 0 Å². The molecular formula is C108H234O9. The molecule has 7 atom stereocenters. The largest absolute Gasteiger partial charge is 0.393 e. The van der Waals surface area contributed by atoms with E-state index in [-0.39, 0.29) is 75.2 Å². The third-order valence-corrected chi connectivity index (χ3v) is 20.1. The molecule has 0 aliphatic heterocycles. The number of aliphatic hydroxyl groups is 7. The summed E-state index contributed by atoms with van der Waals surface area (Å²) < 4.78 is 9.78. The zero-order valence-corrected chi connectivity index (χ0v) is 89.9. The van der Waals surface area contributed by atoms with Crippen molar-refractivity contribution in [2.45, 2.75) is 585 Å². The smallest absolute Gasteiger partial charge is 0.0573 e. The van der Waals surface area contributed by atoms with E-state index in [0.29, 0.717) is 50.9 Å². The first kappa shape index (κ1) is 135. The Kier molecular flexibility index (Phi) is 82.4. The summed E-state index contributed by atoms with van der Waals surface area (Å²) in [4.78, 5) is 0. The Morgan fingerprint density at radius 2 is 0.530 bits per heavy atom. The van der Waals surface area contributed by atoms with Crippen molar-refractivity contribution < 1.29 is 45.2 Å². The quantitative estimate of drug-likeness (QED) is 0.0318. The second-order valence-electron chi connectivity index (χ2n) is 51.3. The molecule has 0 heterocycles. The lowest BCUT2D eigenvalue weighted by Crippen LogP contribution is -2.22. The standard InChI is InChI=1S/C11H22.C10H20.2C10H22.C9H20O2.C9H18O.2C9H20O.3C8H18O.C7H16O/c1-11(2,3)9-5-8-10-6-4-7-10;1-10(2,3)8-4-5-9-6-7-9;2*1-5-6-7-8-9-10(2,3)4;1-9(2,3)7-8(10)5-6-11-4;1-9(2,3)6-8(10)7-4-5-7;1-7(2)8(10)6-9(3,4)5;1-5-6-8(10)7-9(2,3)4;3*1-5-7(9)6-8(2,3)4;1-7(2,3)5-6-8-4/h10H,4-9H2,1-3H3;9H,4-8H2,1-3H3;2*5-9H2,1-4H3;8,10H,5-7H2,1-4H3;7-8,10H,4-6H2,1-3H3;7-8,10H,6H2,1-5H3;8,10H,5-7H2,1-4H3;3*7,9H,5-6H2,1-4H3;5-6H2,1-4H3/t;;;;;;;;2*7-;;/m........10../s1. The Balaban J connectivity index is -0.000000156. The van der Waals surface area contributed by atoms with Gasteiger partial charge in [0.05, 0.1) is 42.7 Å². The van der Waals surface area contributed by atoms with Gasteiger partial charge < -0.3 is 45.2 Å². The van der Waals surface area contributed by atoms with Crippen molar-refractivity contribution in [3.05, 3.63) is 0 Å². The van der Waals surface area contributed by atoms with Crippen LogP contribution in [0.1, 0.15) is 542 Å². The Morgan fingerprint density at radius 1 is 0.265 bits per heavy atom. The summed E-state index contributed by atoms with van der Waals surface area (Å²) >= 11 is 0. The monoisotopic (exact) mass is 1680 g/mol. The lowest BCUT2D eigenvalue weighted by molar-refractivity contribution is 0.0787. The number of rotatable bonds is 33. The number of hydrogen-bond donors (Lipinski definition) is 7. The van der Waals surface area contributed by atoms with E-state index in [9.17, 15) is 35.7 Å². The summed E-state index contributed by atoms with van der Waals surface area (Å²) in [6.07, 6.45) is 44.8. The van der Waals surface area contributed by atoms with Crippen molar-refractivity contribution in [2.75, 3.05) is 27.4 Å². The van der Waals surface area contributed by atoms with Crippen LogP contribution in [0, 0.1) is 88.7 Å². The first-order chi connectivity index (χ1) is 52.4. The highest BCUT2D eigenvalue weighted by molar-refractivity contribution is 4.84. The van der Waals surface area contributed by atoms with E-state index in [1.807, 2.05) is 20.8 Å². The van der Waals surface area contributed by atoms with Gasteiger partial charge in [0.25, 0.3) is 0 Å². The van der Waals surface area contributed by atoms with Gasteiger partial charge in [-0.3, -0.25) is 0 Å². The van der Waals surface area contributed by atoms with Crippen molar-refractivity contribution in [3.8, 4) is 0 Å². The molecule has 0 bridgehead atoms. The fourth-order valence-electron chi connectivity index (χ4n) is 12.5. The van der Waals surface area contributed by atoms with Crippen molar-refractivity contribution in [2.24, 2.45) is 88.7 Å². The van der Waals surface area contributed by atoms with Gasteiger partial charge in [-0.25, -0.2) is 0 Å². The van der Waals surface area contributed by atoms with Gasteiger partial charge in [-0.15, -0.1) is 0 Å². The highest BCUT2D eigenvalue weighted by Gasteiger charge is 2.32. The van der Waals surface area contributed by atoms with Gasteiger partial charge >= 0.3 is 0 Å². The molecule has 5 unspecified atom stereocenters. The van der Waals surface area contributed by atoms with Gasteiger partial charge in [0.2, 0.25) is 0 Å². The molecule has 0 amide bonds. The molecule has 9 heteroatoms. The lowest BCUT2D eigenvalue weighted by atomic mass is 9.79. The summed E-state index contributed by atoms with van der Waals surface area (Å²) in [6.45, 7) is 98.0. The van der Waals surface area contributed by atoms with Crippen LogP contribution in [0.3, 0.4) is 0 Å². The van der Waals surface area contributed by atoms with Crippen LogP contribution in [-0.2, 0) is 9.47 Å². The van der Waals surface area contributed by atoms with Crippen molar-refractivity contribution in [1.82, 2.24) is 0 Å². The first-order valence-corrected chi connectivity index (χ1v) is 49.2. The van der Waals surface area contributed by atoms with Gasteiger partial charge in [0.15, 0.2) is 0 Å². The molecule has 3 aliphatic carbocycles. The van der Waals surface area contributed by atoms with Crippen LogP contribution in [0.15, 0.2) is 0 Å². The van der Waals surface area contributed by atoms with E-state index in [1.165, 1.54) is 148 Å². The molecule has 3 fully saturated rings. The third-order valence-electron chi connectivity index (χ3n) is 20.1. The van der Waals surface area contributed by atoms with E-state index in [1.54, 1.807) is 14.2 Å². The van der Waals surface area contributed by atoms with Crippen molar-refractivity contribution in [3.63, 3.8) is 0 Å². The molecule has 0 radical (unpaired) electrons. The number of methoxy groups -OCH3 is 2. The Labute approximate surface area is 742 Å². The lowest BCUT2D eigenvalue weighted by Gasteiger charge is -2.26. The first-order valence-electron chi connectivity index (χ1n) is 49.2. The van der Waals surface area contributed by atoms with E-state index in [0.717, 1.165) is 108 Å². The molecule has 117 heavy (non-hydrogen) atoms. The van der Waals surface area contributed by atoms with Crippen LogP contribution in [0.4, 0.5) is 0 Å². The zero-order valence-electron chi connectivity index (χ0n) is 89.9. The minimum Gasteiger partial charge on any atom is -0.393 e. The Morgan fingerprint density at radius 3 is 0.709 bits per heavy atom. The number of unbranched alkanes of at least 4 members (excludes halogenated alkanes) is 6. The van der Waals surface area contributed by atoms with Crippen LogP contribution in [0.5, 0.6) is 0 Å². The highest BCUT2D eigenvalue weighted by Crippen LogP contribution is 2.39. The summed E-state index contributed by atoms with van der Waals surface area (Å²) in [7, 11) is 3.40. The second kappa shape index (κ2) is 71.7. The molecule has 3 aliphatic rings. The van der Waals surface area contributed by atoms with E-state index in [2.05, 4.69) is 284 Å². The maximum absolute atomic E-state index is 9.52. The second-order valence-corrected chi connectivity index (χ2v) is 51.3. The molecule has 0 aromatic rings. The Hall–Kier alpha value is -0.360. The predicted molar refractivity (Wildman–Crippen MR) is 529 cm³/mol. The molecule has 3 saturated carbocycles. The molecule has 0 spiro atoms. The fraction of sp³-hybridized carbons (Fsp3) is 1.00. The fourth-order valence-corrected chi connectivity index (χ4v) is 12.5. The topological polar surface area (TPSA) is 160 Å². The third kappa shape index (κ3) is 147. The number of hydrogen-bond acceptors (Lipinski definition) is 9. The zero-order chi connectivity index (χ0) is 94.3. The highest BCUT2D eigenvalue weighted by atomic mass is 16.5. The number of ether oxygens (including phenoxy) is 2. The molecular weight excluding hydrogens is 1440 g/mol. The molecule has 9 nitrogen and oxygen atoms in total. The van der Waals surface area contributed by atoms with Crippen LogP contribution < -0.4 is 0 Å². The molecule has 0 aromatic heterocycles. The number of aliphatic hydroxyl groups excluding tert-OH is 7. The van der Waals surface area contributed by atoms with E-state index in [4.69, 9.17) is 9.47 Å². The molecule has 0 aromatic carbocycles. The van der Waals surface area contributed by atoms with Crippen LogP contribution >= 0.6 is 0 Å². The van der Waals surface area contributed by atoms with Gasteiger partial charge in [-0.05, 0) is 211 Å². The van der Waals surface area contributed by atoms with Crippen LogP contribution in [0.25, 0.3) is 0 Å². The average Bonchev–Trinajstić information content (AvgIpc) is 1.74. The summed E-state index contributed by atoms with van der Waals surface area (Å²) in [5.74, 6) is 3.26. The Bertz CT molecular complexity index is 1920. The normalized spacial score (nSPS) is 16.1. The van der Waals surface area contributed by atoms with Gasteiger partial charge in [-0.1, -0.05) is 420 Å². The van der Waals surface area contributed by atoms with Crippen molar-refractivity contribution in [1.29, 1.82) is 0 Å². The van der Waals surface area contributed by atoms with E-state index < -0.39 is 0 Å². The maximum Gasteiger partial charge on any atom is 0.0573 e. The van der Waals surface area contributed by atoms with E-state index >= 15 is 0 Å². The van der Waals surface area contributed by atoms with Gasteiger partial charge in [-0.2, -0.15) is 0 Å². The van der Waals surface area contributed by atoms with Crippen LogP contribution in [-0.4, -0.2) is 106 Å². The van der Waals surface area contributed by atoms with Gasteiger partial charge in [0, 0.05) is 27.4 Å². The predicted octanol–water partition coefficient (Wildman–Crippen LogP) is 33.3. The average molecular weight is 1680 g/mol. The minimum absolute atomic E-state index is 0.0278. The maximum atomic E-state index is 9.52. The van der Waals surface area contributed by atoms with Crippen molar-refractivity contribution >= 4 is 0 Å². The molecule has 3 rings (SSSR count). The SMILES string of the molecule is CC(C)(C)CC(O)C1CC1.CC(C)(C)CCCC1CC1.CC(C)(C)CCCC1CCC1.CC(C)C(O)CC(C)(C)C.CCC(O)CC(C)(C)C.CCCC(O)CC(C)(C)C.CCCCCCC(C)(C)C.CCCCCCC(C)(C)C.CC[C@@H](O)CC(C)(C)C.CC[C@H](O)CC(C)(C)C.COCCC(C)(C)C.COCCC(O)CC(C)(C)C. The summed E-state index contributed by atoms with van der Waals surface area (Å²) in [5, 5.41) is 65.4. The summed E-state index contributed by atoms with van der Waals surface area (Å²) in [5.41, 5.74) is 4.50.